The lowest BCUT2D eigenvalue weighted by Gasteiger charge is -2.29. The van der Waals surface area contributed by atoms with Gasteiger partial charge in [0, 0.05) is 39.0 Å². The zero-order chi connectivity index (χ0) is 52.2. The average Bonchev–Trinajstić information content (AvgIpc) is 3.26. The van der Waals surface area contributed by atoms with E-state index in [0.29, 0.717) is 11.1 Å². The minimum absolute atomic E-state index is 0.0395. The molecule has 2 aromatic rings. The number of carbonyl (C=O) groups excluding carboxylic acids is 9. The van der Waals surface area contributed by atoms with Crippen LogP contribution in [0.1, 0.15) is 64.0 Å². The van der Waals surface area contributed by atoms with E-state index in [2.05, 4.69) is 26.6 Å². The first-order valence-corrected chi connectivity index (χ1v) is 24.1. The Bertz CT molecular complexity index is 2250. The van der Waals surface area contributed by atoms with Crippen molar-refractivity contribution in [3.8, 4) is 0 Å². The lowest BCUT2D eigenvalue weighted by Crippen LogP contribution is -2.60. The average molecular weight is 987 g/mol. The maximum atomic E-state index is 14.4. The van der Waals surface area contributed by atoms with Crippen LogP contribution in [0.25, 0.3) is 0 Å². The van der Waals surface area contributed by atoms with Gasteiger partial charge in [-0.05, 0) is 43.2 Å². The number of amides is 8. The first-order chi connectivity index (χ1) is 32.2. The topological polar surface area (TPSA) is 393 Å². The predicted octanol–water partition coefficient (Wildman–Crippen LogP) is -3.08. The van der Waals surface area contributed by atoms with Crippen molar-refractivity contribution in [3.63, 3.8) is 0 Å². The molecule has 23 nitrogen and oxygen atoms in total. The summed E-state index contributed by atoms with van der Waals surface area (Å²) in [6.07, 6.45) is -1.23. The summed E-state index contributed by atoms with van der Waals surface area (Å²) >= 11 is 0. The Labute approximate surface area is 400 Å². The molecule has 0 saturated carbocycles. The SMILES string of the molecule is CC(C)C[C@H](NC(=O)CN(C)C(=O)[C@H](Cc1ccccc1)NC(=O)[C@H](Cc1ccccc1)NC(=O)[C@H](CCC(N)=O)NC(=O)[C@@H](N)C(CC(N)=O)C(=O)[C@H](C)N)C(=O)N[C@@H](CCS(C)(=O)=O)C(=O)O. The molecular formula is C45H66N10O13S. The number of primary amides is 2. The minimum atomic E-state index is -3.57. The first-order valence-electron chi connectivity index (χ1n) is 22.0. The Morgan fingerprint density at radius 2 is 1.12 bits per heavy atom. The van der Waals surface area contributed by atoms with Crippen molar-refractivity contribution in [1.82, 2.24) is 31.5 Å². The van der Waals surface area contributed by atoms with E-state index < -0.39 is 155 Å². The summed E-state index contributed by atoms with van der Waals surface area (Å²) in [4.78, 5) is 132. The molecule has 0 spiro atoms. The van der Waals surface area contributed by atoms with Crippen LogP contribution in [0.2, 0.25) is 0 Å². The van der Waals surface area contributed by atoms with E-state index in [9.17, 15) is 61.5 Å². The lowest BCUT2D eigenvalue weighted by atomic mass is 9.88. The van der Waals surface area contributed by atoms with E-state index in [1.165, 1.54) is 14.0 Å². The molecule has 1 unspecified atom stereocenters. The molecular weight excluding hydrogens is 921 g/mol. The molecule has 14 N–H and O–H groups in total. The molecule has 69 heavy (non-hydrogen) atoms. The lowest BCUT2D eigenvalue weighted by molar-refractivity contribution is -0.142. The van der Waals surface area contributed by atoms with Crippen LogP contribution in [0.15, 0.2) is 60.7 Å². The Morgan fingerprint density at radius 1 is 0.638 bits per heavy atom. The molecule has 0 heterocycles. The molecule has 0 saturated heterocycles. The normalized spacial score (nSPS) is 14.8. The minimum Gasteiger partial charge on any atom is -0.480 e. The summed E-state index contributed by atoms with van der Waals surface area (Å²) in [6.45, 7) is 4.16. The van der Waals surface area contributed by atoms with Crippen molar-refractivity contribution in [2.45, 2.75) is 108 Å². The number of sulfone groups is 1. The number of nitrogens with one attached hydrogen (secondary N) is 5. The van der Waals surface area contributed by atoms with Crippen LogP contribution in [-0.2, 0) is 70.6 Å². The quantitative estimate of drug-likeness (QED) is 0.0371. The Balaban J connectivity index is 2.45. The van der Waals surface area contributed by atoms with Gasteiger partial charge in [-0.25, -0.2) is 13.2 Å². The van der Waals surface area contributed by atoms with Gasteiger partial charge < -0.3 is 59.5 Å². The van der Waals surface area contributed by atoms with Crippen molar-refractivity contribution in [2.24, 2.45) is 34.8 Å². The molecule has 0 aromatic heterocycles. The van der Waals surface area contributed by atoms with Gasteiger partial charge in [0.15, 0.2) is 5.78 Å². The fourth-order valence-electron chi connectivity index (χ4n) is 6.98. The molecule has 0 bridgehead atoms. The molecule has 380 valence electrons. The standard InChI is InChI=1S/C45H66N10O13S/c1-25(2)20-32(41(61)52-31(45(65)66)18-19-69(5,67)68)50-37(58)24-55(4)44(64)34(22-28-14-10-7-11-15-28)54-42(62)33(21-27-12-8-6-9-13-27)53-40(60)30(16-17-35(47)56)51-43(63)38(49)29(23-36(48)57)39(59)26(3)46/h6-15,25-26,29-34,38H,16-24,46,49H2,1-5H3,(H2,47,56)(H2,48,57)(H,50,58)(H,51,63)(H,52,61)(H,53,60)(H,54,62)(H,65,66)/t26-,29?,30-,31-,32-,33-,34-,38-/m0/s1. The monoisotopic (exact) mass is 986 g/mol. The van der Waals surface area contributed by atoms with Crippen LogP contribution in [0, 0.1) is 11.8 Å². The van der Waals surface area contributed by atoms with Crippen molar-refractivity contribution in [3.05, 3.63) is 71.8 Å². The molecule has 8 amide bonds. The fraction of sp³-hybridized carbons (Fsp3) is 0.511. The third-order valence-corrected chi connectivity index (χ3v) is 11.6. The number of ketones is 1. The van der Waals surface area contributed by atoms with Crippen molar-refractivity contribution in [2.75, 3.05) is 25.6 Å². The van der Waals surface area contributed by atoms with Crippen LogP contribution in [0.3, 0.4) is 0 Å². The van der Waals surface area contributed by atoms with E-state index in [4.69, 9.17) is 22.9 Å². The van der Waals surface area contributed by atoms with Gasteiger partial charge in [0.1, 0.15) is 40.0 Å². The third kappa shape index (κ3) is 21.4. The van der Waals surface area contributed by atoms with Crippen LogP contribution < -0.4 is 49.5 Å². The van der Waals surface area contributed by atoms with Gasteiger partial charge in [-0.15, -0.1) is 0 Å². The zero-order valence-electron chi connectivity index (χ0n) is 39.3. The van der Waals surface area contributed by atoms with E-state index in [-0.39, 0.29) is 25.2 Å². The second-order valence-electron chi connectivity index (χ2n) is 17.3. The highest BCUT2D eigenvalue weighted by Crippen LogP contribution is 2.14. The molecule has 0 aliphatic rings. The second-order valence-corrected chi connectivity index (χ2v) is 19.6. The molecule has 2 rings (SSSR count). The van der Waals surface area contributed by atoms with Gasteiger partial charge in [0.25, 0.3) is 0 Å². The molecule has 8 atom stereocenters. The highest BCUT2D eigenvalue weighted by Gasteiger charge is 2.37. The van der Waals surface area contributed by atoms with Crippen LogP contribution in [0.4, 0.5) is 0 Å². The number of nitrogens with two attached hydrogens (primary N) is 4. The number of carboxylic acids is 1. The number of hydrogen-bond donors (Lipinski definition) is 10. The molecule has 0 fully saturated rings. The van der Waals surface area contributed by atoms with Gasteiger partial charge in [0.05, 0.1) is 30.3 Å². The highest BCUT2D eigenvalue weighted by atomic mass is 32.2. The van der Waals surface area contributed by atoms with Gasteiger partial charge in [-0.1, -0.05) is 74.5 Å². The van der Waals surface area contributed by atoms with Crippen LogP contribution in [-0.4, -0.2) is 145 Å². The van der Waals surface area contributed by atoms with Crippen molar-refractivity contribution >= 4 is 68.8 Å². The third-order valence-electron chi connectivity index (χ3n) is 10.6. The van der Waals surface area contributed by atoms with Gasteiger partial charge in [-0.2, -0.15) is 0 Å². The molecule has 0 aliphatic heterocycles. The molecule has 2 aromatic carbocycles. The van der Waals surface area contributed by atoms with Gasteiger partial charge in [-0.3, -0.25) is 43.2 Å². The maximum absolute atomic E-state index is 14.4. The number of carbonyl (C=O) groups is 10. The van der Waals surface area contributed by atoms with E-state index in [1.807, 2.05) is 0 Å². The highest BCUT2D eigenvalue weighted by molar-refractivity contribution is 7.90. The second kappa shape index (κ2) is 27.9. The predicted molar refractivity (Wildman–Crippen MR) is 251 cm³/mol. The number of benzene rings is 2. The number of aliphatic carboxylic acids is 1. The number of rotatable bonds is 30. The largest absolute Gasteiger partial charge is 0.480 e. The number of nitrogens with zero attached hydrogens (tertiary/aromatic N) is 1. The van der Waals surface area contributed by atoms with Gasteiger partial charge in [0.2, 0.25) is 47.3 Å². The summed E-state index contributed by atoms with van der Waals surface area (Å²) in [7, 11) is -2.30. The van der Waals surface area contributed by atoms with Crippen molar-refractivity contribution < 1.29 is 61.5 Å². The summed E-state index contributed by atoms with van der Waals surface area (Å²) in [5.41, 5.74) is 23.6. The Hall–Kier alpha value is -6.79. The number of hydrogen-bond acceptors (Lipinski definition) is 14. The summed E-state index contributed by atoms with van der Waals surface area (Å²) < 4.78 is 23.4. The smallest absolute Gasteiger partial charge is 0.326 e. The van der Waals surface area contributed by atoms with Gasteiger partial charge >= 0.3 is 5.97 Å². The summed E-state index contributed by atoms with van der Waals surface area (Å²) in [6, 6.07) is 6.70. The molecule has 24 heteroatoms. The first kappa shape index (κ1) is 58.3. The number of likely N-dealkylation sites (N-methyl/N-ethyl adjacent to an activating group) is 1. The summed E-state index contributed by atoms with van der Waals surface area (Å²) in [5.74, 6) is -11.7. The maximum Gasteiger partial charge on any atom is 0.326 e. The van der Waals surface area contributed by atoms with E-state index in [1.54, 1.807) is 74.5 Å². The van der Waals surface area contributed by atoms with Crippen molar-refractivity contribution in [1.29, 1.82) is 0 Å². The van der Waals surface area contributed by atoms with Crippen LogP contribution in [0.5, 0.6) is 0 Å². The number of carboxylic acid groups (broad SMARTS) is 1. The Morgan fingerprint density at radius 3 is 1.59 bits per heavy atom. The molecule has 0 aliphatic carbocycles. The Kier molecular flexibility index (Phi) is 23.6. The zero-order valence-corrected chi connectivity index (χ0v) is 40.2. The van der Waals surface area contributed by atoms with E-state index in [0.717, 1.165) is 11.2 Å². The summed E-state index contributed by atoms with van der Waals surface area (Å²) in [5, 5.41) is 22.1. The van der Waals surface area contributed by atoms with E-state index >= 15 is 0 Å². The number of Topliss-reactive ketones (excluding diaryl/α,β-unsaturated/α-hetero) is 1. The fourth-order valence-corrected chi connectivity index (χ4v) is 7.65. The van der Waals surface area contributed by atoms with Crippen LogP contribution >= 0.6 is 0 Å². The molecule has 0 radical (unpaired) electrons.